The summed E-state index contributed by atoms with van der Waals surface area (Å²) < 4.78 is 30.6. The minimum absolute atomic E-state index is 0.378. The Balaban J connectivity index is 3.27. The van der Waals surface area contributed by atoms with Crippen LogP contribution in [0.5, 0.6) is 5.75 Å². The maximum absolute atomic E-state index is 12.7. The highest BCUT2D eigenvalue weighted by Crippen LogP contribution is 2.33. The minimum Gasteiger partial charge on any atom is -0.496 e. The fourth-order valence-corrected chi connectivity index (χ4v) is 1.63. The lowest BCUT2D eigenvalue weighted by Gasteiger charge is -2.20. The van der Waals surface area contributed by atoms with Crippen molar-refractivity contribution in [2.45, 2.75) is 26.3 Å². The molecule has 0 aliphatic carbocycles. The summed E-state index contributed by atoms with van der Waals surface area (Å²) in [6.07, 6.45) is -2.58. The number of hydrogen-bond donors (Lipinski definition) is 2. The first-order valence-electron chi connectivity index (χ1n) is 4.91. The van der Waals surface area contributed by atoms with Crippen LogP contribution in [0, 0.1) is 13.8 Å². The smallest absolute Gasteiger partial charge is 0.259 e. The van der Waals surface area contributed by atoms with E-state index in [1.165, 1.54) is 7.11 Å². The van der Waals surface area contributed by atoms with E-state index in [0.717, 1.165) is 11.1 Å². The van der Waals surface area contributed by atoms with Gasteiger partial charge in [0.25, 0.3) is 6.43 Å². The molecule has 0 fully saturated rings. The largest absolute Gasteiger partial charge is 0.496 e. The third-order valence-corrected chi connectivity index (χ3v) is 2.68. The molecule has 0 aliphatic heterocycles. The molecule has 0 saturated heterocycles. The highest BCUT2D eigenvalue weighted by atomic mass is 19.3. The van der Waals surface area contributed by atoms with Crippen LogP contribution in [0.2, 0.25) is 0 Å². The zero-order chi connectivity index (χ0) is 12.3. The molecule has 3 nitrogen and oxygen atoms in total. The number of nitrogens with two attached hydrogens (primary N) is 1. The number of halogens is 2. The van der Waals surface area contributed by atoms with Crippen LogP contribution in [0.3, 0.4) is 0 Å². The van der Waals surface area contributed by atoms with E-state index in [0.29, 0.717) is 11.3 Å². The molecule has 1 unspecified atom stereocenters. The third kappa shape index (κ3) is 2.31. The number of hydrazine groups is 1. The van der Waals surface area contributed by atoms with Gasteiger partial charge in [-0.15, -0.1) is 0 Å². The predicted octanol–water partition coefficient (Wildman–Crippen LogP) is 2.08. The zero-order valence-corrected chi connectivity index (χ0v) is 9.55. The van der Waals surface area contributed by atoms with Crippen LogP contribution in [-0.2, 0) is 0 Å². The van der Waals surface area contributed by atoms with Gasteiger partial charge in [-0.1, -0.05) is 12.1 Å². The molecule has 1 aromatic carbocycles. The Morgan fingerprint density at radius 1 is 1.31 bits per heavy atom. The van der Waals surface area contributed by atoms with E-state index >= 15 is 0 Å². The Labute approximate surface area is 93.6 Å². The Hall–Kier alpha value is -1.20. The van der Waals surface area contributed by atoms with Crippen molar-refractivity contribution in [2.24, 2.45) is 5.84 Å². The molecule has 0 aliphatic rings. The maximum Gasteiger partial charge on any atom is 0.259 e. The summed E-state index contributed by atoms with van der Waals surface area (Å²) in [7, 11) is 1.46. The number of nitrogens with one attached hydrogen (secondary N) is 1. The lowest BCUT2D eigenvalue weighted by Crippen LogP contribution is -2.33. The van der Waals surface area contributed by atoms with E-state index < -0.39 is 12.5 Å². The van der Waals surface area contributed by atoms with Gasteiger partial charge in [0.1, 0.15) is 11.8 Å². The van der Waals surface area contributed by atoms with Gasteiger partial charge in [0.15, 0.2) is 0 Å². The molecule has 3 N–H and O–H groups in total. The summed E-state index contributed by atoms with van der Waals surface area (Å²) in [5, 5.41) is 0. The molecule has 16 heavy (non-hydrogen) atoms. The van der Waals surface area contributed by atoms with Crippen molar-refractivity contribution < 1.29 is 13.5 Å². The number of ether oxygens (including phenoxy) is 1. The Bertz CT molecular complexity index is 369. The Morgan fingerprint density at radius 2 is 1.94 bits per heavy atom. The second kappa shape index (κ2) is 5.23. The second-order valence-electron chi connectivity index (χ2n) is 3.61. The molecule has 1 aromatic rings. The molecule has 1 atom stereocenters. The van der Waals surface area contributed by atoms with E-state index in [9.17, 15) is 8.78 Å². The molecule has 0 aromatic heterocycles. The molecule has 0 bridgehead atoms. The number of hydrogen-bond acceptors (Lipinski definition) is 3. The second-order valence-corrected chi connectivity index (χ2v) is 3.61. The van der Waals surface area contributed by atoms with Crippen molar-refractivity contribution in [2.75, 3.05) is 7.11 Å². The van der Waals surface area contributed by atoms with Gasteiger partial charge in [-0.25, -0.2) is 14.2 Å². The molecule has 0 saturated carbocycles. The van der Waals surface area contributed by atoms with Crippen LogP contribution in [-0.4, -0.2) is 13.5 Å². The monoisotopic (exact) mass is 230 g/mol. The lowest BCUT2D eigenvalue weighted by molar-refractivity contribution is 0.0972. The molecule has 0 spiro atoms. The van der Waals surface area contributed by atoms with Crippen molar-refractivity contribution in [1.82, 2.24) is 5.43 Å². The summed E-state index contributed by atoms with van der Waals surface area (Å²) >= 11 is 0. The summed E-state index contributed by atoms with van der Waals surface area (Å²) in [5.41, 5.74) is 4.33. The van der Waals surface area contributed by atoms with Gasteiger partial charge >= 0.3 is 0 Å². The summed E-state index contributed by atoms with van der Waals surface area (Å²) in [6.45, 7) is 3.73. The van der Waals surface area contributed by atoms with E-state index in [1.54, 1.807) is 12.1 Å². The highest BCUT2D eigenvalue weighted by molar-refractivity contribution is 5.47. The average Bonchev–Trinajstić information content (AvgIpc) is 2.24. The first-order valence-corrected chi connectivity index (χ1v) is 4.91. The topological polar surface area (TPSA) is 47.3 Å². The lowest BCUT2D eigenvalue weighted by atomic mass is 9.99. The Morgan fingerprint density at radius 3 is 2.38 bits per heavy atom. The van der Waals surface area contributed by atoms with Crippen LogP contribution in [0.25, 0.3) is 0 Å². The number of aryl methyl sites for hydroxylation is 1. The van der Waals surface area contributed by atoms with Gasteiger partial charge in [0, 0.05) is 5.56 Å². The van der Waals surface area contributed by atoms with Gasteiger partial charge < -0.3 is 4.74 Å². The third-order valence-electron chi connectivity index (χ3n) is 2.68. The molecule has 90 valence electrons. The van der Waals surface area contributed by atoms with Crippen molar-refractivity contribution in [3.05, 3.63) is 28.8 Å². The molecular weight excluding hydrogens is 214 g/mol. The van der Waals surface area contributed by atoms with Gasteiger partial charge in [0.05, 0.1) is 7.11 Å². The van der Waals surface area contributed by atoms with Crippen LogP contribution in [0.4, 0.5) is 8.78 Å². The molecule has 5 heteroatoms. The molecular formula is C11H16F2N2O. The maximum atomic E-state index is 12.7. The molecule has 0 radical (unpaired) electrons. The number of methoxy groups -OCH3 is 1. The van der Waals surface area contributed by atoms with E-state index in [-0.39, 0.29) is 0 Å². The van der Waals surface area contributed by atoms with Crippen LogP contribution >= 0.6 is 0 Å². The van der Waals surface area contributed by atoms with E-state index in [4.69, 9.17) is 10.6 Å². The molecule has 1 rings (SSSR count). The van der Waals surface area contributed by atoms with Crippen molar-refractivity contribution in [1.29, 1.82) is 0 Å². The summed E-state index contributed by atoms with van der Waals surface area (Å²) in [5.74, 6) is 5.59. The standard InChI is InChI=1S/C11H16F2N2O/c1-6-4-5-8(9(15-14)11(12)13)10(16-3)7(6)2/h4-5,9,11,15H,14H2,1-3H3. The van der Waals surface area contributed by atoms with E-state index in [2.05, 4.69) is 5.43 Å². The fourth-order valence-electron chi connectivity index (χ4n) is 1.63. The van der Waals surface area contributed by atoms with E-state index in [1.807, 2.05) is 13.8 Å². The zero-order valence-electron chi connectivity index (χ0n) is 9.55. The fraction of sp³-hybridized carbons (Fsp3) is 0.455. The first-order chi connectivity index (χ1) is 7.52. The number of benzene rings is 1. The van der Waals surface area contributed by atoms with Crippen LogP contribution < -0.4 is 16.0 Å². The van der Waals surface area contributed by atoms with Gasteiger partial charge in [-0.3, -0.25) is 5.84 Å². The predicted molar refractivity (Wildman–Crippen MR) is 58.5 cm³/mol. The van der Waals surface area contributed by atoms with Crippen molar-refractivity contribution >= 4 is 0 Å². The molecule has 0 amide bonds. The van der Waals surface area contributed by atoms with Crippen LogP contribution in [0.1, 0.15) is 22.7 Å². The van der Waals surface area contributed by atoms with Gasteiger partial charge in [-0.2, -0.15) is 0 Å². The normalized spacial score (nSPS) is 12.9. The summed E-state index contributed by atoms with van der Waals surface area (Å²) in [4.78, 5) is 0. The van der Waals surface area contributed by atoms with Crippen LogP contribution in [0.15, 0.2) is 12.1 Å². The van der Waals surface area contributed by atoms with Crippen molar-refractivity contribution in [3.63, 3.8) is 0 Å². The molecule has 0 heterocycles. The number of alkyl halides is 2. The number of rotatable bonds is 4. The SMILES string of the molecule is COc1c(C(NN)C(F)F)ccc(C)c1C. The Kier molecular flexibility index (Phi) is 4.20. The highest BCUT2D eigenvalue weighted by Gasteiger charge is 2.25. The van der Waals surface area contributed by atoms with Crippen molar-refractivity contribution in [3.8, 4) is 5.75 Å². The summed E-state index contributed by atoms with van der Waals surface area (Å²) in [6, 6.07) is 2.17. The first kappa shape index (κ1) is 12.9. The average molecular weight is 230 g/mol. The minimum atomic E-state index is -2.58. The van der Waals surface area contributed by atoms with Gasteiger partial charge in [-0.05, 0) is 25.0 Å². The quantitative estimate of drug-likeness (QED) is 0.615. The van der Waals surface area contributed by atoms with Gasteiger partial charge in [0.2, 0.25) is 0 Å².